The SMILES string of the molecule is F[B-](F)(F)CN1CCOC2CCCCC21. The highest BCUT2D eigenvalue weighted by Gasteiger charge is 2.37. The number of fused-ring (bicyclic) bond motifs is 1. The molecule has 6 heteroatoms. The van der Waals surface area contributed by atoms with Crippen molar-refractivity contribution in [2.45, 2.75) is 37.8 Å². The lowest BCUT2D eigenvalue weighted by molar-refractivity contribution is -0.0842. The van der Waals surface area contributed by atoms with Gasteiger partial charge in [-0.05, 0) is 19.3 Å². The van der Waals surface area contributed by atoms with Gasteiger partial charge in [0, 0.05) is 12.6 Å². The maximum absolute atomic E-state index is 12.4. The van der Waals surface area contributed by atoms with Crippen molar-refractivity contribution in [3.63, 3.8) is 0 Å². The molecule has 1 aliphatic carbocycles. The van der Waals surface area contributed by atoms with Gasteiger partial charge in [0.1, 0.15) is 0 Å². The Morgan fingerprint density at radius 2 is 1.93 bits per heavy atom. The summed E-state index contributed by atoms with van der Waals surface area (Å²) in [6.45, 7) is -3.81. The van der Waals surface area contributed by atoms with Crippen LogP contribution in [0.5, 0.6) is 0 Å². The van der Waals surface area contributed by atoms with E-state index in [4.69, 9.17) is 4.74 Å². The quantitative estimate of drug-likeness (QED) is 0.662. The number of nitrogens with zero attached hydrogens (tertiary/aromatic N) is 1. The molecule has 0 amide bonds. The van der Waals surface area contributed by atoms with Gasteiger partial charge in [-0.15, -0.1) is 0 Å². The zero-order chi connectivity index (χ0) is 10.9. The van der Waals surface area contributed by atoms with Crippen LogP contribution in [-0.2, 0) is 4.74 Å². The molecule has 0 aromatic rings. The van der Waals surface area contributed by atoms with Gasteiger partial charge in [0.15, 0.2) is 0 Å². The van der Waals surface area contributed by atoms with E-state index in [-0.39, 0.29) is 12.1 Å². The molecule has 0 aromatic heterocycles. The van der Waals surface area contributed by atoms with Gasteiger partial charge in [0.2, 0.25) is 0 Å². The Bertz CT molecular complexity index is 222. The summed E-state index contributed by atoms with van der Waals surface area (Å²) in [6.07, 6.45) is 3.23. The van der Waals surface area contributed by atoms with Crippen molar-refractivity contribution in [1.82, 2.24) is 4.90 Å². The molecule has 0 spiro atoms. The van der Waals surface area contributed by atoms with E-state index in [1.807, 2.05) is 0 Å². The Kier molecular flexibility index (Phi) is 3.26. The number of halogens is 3. The molecule has 2 unspecified atom stereocenters. The number of rotatable bonds is 2. The predicted molar refractivity (Wildman–Crippen MR) is 52.6 cm³/mol. The first-order valence-electron chi connectivity index (χ1n) is 5.63. The molecule has 88 valence electrons. The highest BCUT2D eigenvalue weighted by molar-refractivity contribution is 6.58. The standard InChI is InChI=1S/C9H16BF3NO/c11-10(12,13)7-14-5-6-15-9-4-2-1-3-8(9)14/h8-9H,1-7H2/q-1. The second-order valence-corrected chi connectivity index (χ2v) is 4.47. The third-order valence-electron chi connectivity index (χ3n) is 3.29. The Labute approximate surface area is 87.8 Å². The van der Waals surface area contributed by atoms with Crippen LogP contribution in [0.15, 0.2) is 0 Å². The van der Waals surface area contributed by atoms with Gasteiger partial charge in [-0.1, -0.05) is 12.8 Å². The van der Waals surface area contributed by atoms with Crippen molar-refractivity contribution in [2.24, 2.45) is 0 Å². The van der Waals surface area contributed by atoms with Crippen LogP contribution >= 0.6 is 0 Å². The highest BCUT2D eigenvalue weighted by atomic mass is 19.4. The van der Waals surface area contributed by atoms with E-state index in [9.17, 15) is 12.9 Å². The van der Waals surface area contributed by atoms with Crippen molar-refractivity contribution < 1.29 is 17.7 Å². The summed E-state index contributed by atoms with van der Waals surface area (Å²) >= 11 is 0. The molecule has 1 saturated carbocycles. The maximum atomic E-state index is 12.4. The zero-order valence-electron chi connectivity index (χ0n) is 8.67. The third kappa shape index (κ3) is 2.87. The summed E-state index contributed by atoms with van der Waals surface area (Å²) in [5.41, 5.74) is 0. The maximum Gasteiger partial charge on any atom is 0.492 e. The van der Waals surface area contributed by atoms with Crippen LogP contribution < -0.4 is 0 Å². The topological polar surface area (TPSA) is 12.5 Å². The first kappa shape index (κ1) is 11.3. The lowest BCUT2D eigenvalue weighted by Gasteiger charge is -2.45. The highest BCUT2D eigenvalue weighted by Crippen LogP contribution is 2.29. The summed E-state index contributed by atoms with van der Waals surface area (Å²) in [7, 11) is 0. The fourth-order valence-corrected chi connectivity index (χ4v) is 2.67. The minimum absolute atomic E-state index is 0.0102. The molecule has 0 aromatic carbocycles. The van der Waals surface area contributed by atoms with Crippen LogP contribution in [0.25, 0.3) is 0 Å². The number of hydrogen-bond donors (Lipinski definition) is 0. The van der Waals surface area contributed by atoms with E-state index >= 15 is 0 Å². The first-order valence-corrected chi connectivity index (χ1v) is 5.63. The number of morpholine rings is 1. The second kappa shape index (κ2) is 4.33. The summed E-state index contributed by atoms with van der Waals surface area (Å²) in [5, 5.41) is 0. The minimum atomic E-state index is -4.70. The van der Waals surface area contributed by atoms with Gasteiger partial charge in [0.25, 0.3) is 0 Å². The molecule has 15 heavy (non-hydrogen) atoms. The van der Waals surface area contributed by atoms with Crippen LogP contribution in [0.1, 0.15) is 25.7 Å². The molecule has 2 fully saturated rings. The fourth-order valence-electron chi connectivity index (χ4n) is 2.67. The Balaban J connectivity index is 1.97. The molecule has 2 rings (SSSR count). The van der Waals surface area contributed by atoms with E-state index in [1.54, 1.807) is 4.90 Å². The molecule has 0 radical (unpaired) electrons. The zero-order valence-corrected chi connectivity index (χ0v) is 8.67. The van der Waals surface area contributed by atoms with Crippen molar-refractivity contribution in [2.75, 3.05) is 19.6 Å². The van der Waals surface area contributed by atoms with Crippen LogP contribution in [0.4, 0.5) is 12.9 Å². The van der Waals surface area contributed by atoms with E-state index in [0.717, 1.165) is 25.7 Å². The number of hydrogen-bond acceptors (Lipinski definition) is 2. The van der Waals surface area contributed by atoms with E-state index < -0.39 is 13.4 Å². The van der Waals surface area contributed by atoms with Gasteiger partial charge in [0.05, 0.1) is 12.7 Å². The van der Waals surface area contributed by atoms with Crippen LogP contribution in [-0.4, -0.2) is 43.6 Å². The van der Waals surface area contributed by atoms with Gasteiger partial charge in [-0.3, -0.25) is 0 Å². The van der Waals surface area contributed by atoms with Crippen LogP contribution in [0.3, 0.4) is 0 Å². The van der Waals surface area contributed by atoms with E-state index in [0.29, 0.717) is 13.2 Å². The lowest BCUT2D eigenvalue weighted by atomic mass is 9.85. The van der Waals surface area contributed by atoms with E-state index in [2.05, 4.69) is 0 Å². The normalized spacial score (nSPS) is 33.8. The monoisotopic (exact) mass is 222 g/mol. The largest absolute Gasteiger partial charge is 0.492 e. The van der Waals surface area contributed by atoms with Gasteiger partial charge in [-0.25, -0.2) is 0 Å². The molecule has 2 nitrogen and oxygen atoms in total. The summed E-state index contributed by atoms with van der Waals surface area (Å²) < 4.78 is 42.7. The molecule has 0 bridgehead atoms. The summed E-state index contributed by atoms with van der Waals surface area (Å²) in [5.74, 6) is 0. The average molecular weight is 222 g/mol. The van der Waals surface area contributed by atoms with Crippen molar-refractivity contribution in [1.29, 1.82) is 0 Å². The van der Waals surface area contributed by atoms with Gasteiger partial charge < -0.3 is 22.6 Å². The predicted octanol–water partition coefficient (Wildman–Crippen LogP) is 2.02. The minimum Gasteiger partial charge on any atom is -0.448 e. The molecular formula is C9H16BF3NO-. The Morgan fingerprint density at radius 1 is 1.20 bits per heavy atom. The summed E-state index contributed by atoms with van der Waals surface area (Å²) in [6, 6.07) is 0.0102. The van der Waals surface area contributed by atoms with Crippen molar-refractivity contribution in [3.8, 4) is 0 Å². The van der Waals surface area contributed by atoms with Crippen molar-refractivity contribution >= 4 is 6.98 Å². The molecule has 2 aliphatic rings. The molecular weight excluding hydrogens is 206 g/mol. The molecule has 2 atom stereocenters. The van der Waals surface area contributed by atoms with Crippen molar-refractivity contribution in [3.05, 3.63) is 0 Å². The van der Waals surface area contributed by atoms with Crippen LogP contribution in [0.2, 0.25) is 0 Å². The van der Waals surface area contributed by atoms with Crippen LogP contribution in [0, 0.1) is 0 Å². The molecule has 0 N–H and O–H groups in total. The molecule has 1 aliphatic heterocycles. The Hall–Kier alpha value is -0.225. The molecule has 1 saturated heterocycles. The van der Waals surface area contributed by atoms with E-state index in [1.165, 1.54) is 0 Å². The fraction of sp³-hybridized carbons (Fsp3) is 1.00. The first-order chi connectivity index (χ1) is 7.06. The van der Waals surface area contributed by atoms with Gasteiger partial charge in [-0.2, -0.15) is 0 Å². The summed E-state index contributed by atoms with van der Waals surface area (Å²) in [4.78, 5) is 1.58. The number of ether oxygens (including phenoxy) is 1. The smallest absolute Gasteiger partial charge is 0.448 e. The average Bonchev–Trinajstić information content (AvgIpc) is 2.16. The Morgan fingerprint density at radius 3 is 2.67 bits per heavy atom. The molecule has 1 heterocycles. The second-order valence-electron chi connectivity index (χ2n) is 4.47. The van der Waals surface area contributed by atoms with Gasteiger partial charge >= 0.3 is 6.98 Å². The third-order valence-corrected chi connectivity index (χ3v) is 3.29. The lowest BCUT2D eigenvalue weighted by Crippen LogP contribution is -2.56.